The normalized spacial score (nSPS) is 12.2. The molecule has 57 heavy (non-hydrogen) atoms. The molecule has 4 aromatic heterocycles. The number of aromatic nitrogens is 2. The van der Waals surface area contributed by atoms with E-state index in [1.807, 2.05) is 0 Å². The number of fused-ring (bicyclic) bond motifs is 13. The lowest BCUT2D eigenvalue weighted by molar-refractivity contribution is 1.30. The number of benzene rings is 9. The highest BCUT2D eigenvalue weighted by Gasteiger charge is 2.27. The monoisotopic (exact) mass is 723 g/mol. The zero-order chi connectivity index (χ0) is 37.2. The Bertz CT molecular complexity index is 3620. The summed E-state index contributed by atoms with van der Waals surface area (Å²) in [4.78, 5) is 2.41. The fourth-order valence-electron chi connectivity index (χ4n) is 9.97. The van der Waals surface area contributed by atoms with Gasteiger partial charge in [-0.25, -0.2) is 0 Å². The summed E-state index contributed by atoms with van der Waals surface area (Å²) in [6, 6.07) is 73.4. The van der Waals surface area contributed by atoms with Crippen molar-refractivity contribution in [3.05, 3.63) is 200 Å². The lowest BCUT2D eigenvalue weighted by Gasteiger charge is -2.26. The molecule has 0 N–H and O–H groups in total. The lowest BCUT2D eigenvalue weighted by Crippen LogP contribution is -2.10. The highest BCUT2D eigenvalue weighted by Crippen LogP contribution is 2.51. The van der Waals surface area contributed by atoms with E-state index >= 15 is 0 Å². The third-order valence-electron chi connectivity index (χ3n) is 12.3. The number of para-hydroxylation sites is 3. The van der Waals surface area contributed by atoms with E-state index in [4.69, 9.17) is 0 Å². The van der Waals surface area contributed by atoms with Crippen LogP contribution >= 0.6 is 0 Å². The summed E-state index contributed by atoms with van der Waals surface area (Å²) in [5, 5.41) is 10.2. The van der Waals surface area contributed by atoms with Gasteiger partial charge in [0.15, 0.2) is 0 Å². The molecule has 0 atom stereocenters. The van der Waals surface area contributed by atoms with Gasteiger partial charge in [0.1, 0.15) is 0 Å². The molecule has 0 fully saturated rings. The molecule has 0 amide bonds. The number of rotatable bonds is 5. The Morgan fingerprint density at radius 1 is 0.281 bits per heavy atom. The maximum Gasteiger partial charge on any atom is 0.0641 e. The van der Waals surface area contributed by atoms with E-state index in [2.05, 4.69) is 214 Å². The van der Waals surface area contributed by atoms with Crippen LogP contribution in [0, 0.1) is 0 Å². The third-order valence-corrected chi connectivity index (χ3v) is 12.3. The summed E-state index contributed by atoms with van der Waals surface area (Å²) in [5.74, 6) is 0. The molecule has 3 heteroatoms. The summed E-state index contributed by atoms with van der Waals surface area (Å²) < 4.78 is 5.11. The summed E-state index contributed by atoms with van der Waals surface area (Å²) in [6.45, 7) is 0. The highest BCUT2D eigenvalue weighted by atomic mass is 15.1. The molecule has 0 aliphatic carbocycles. The minimum absolute atomic E-state index is 1.13. The summed E-state index contributed by atoms with van der Waals surface area (Å²) in [6.07, 6.45) is 0. The Morgan fingerprint density at radius 2 is 0.807 bits per heavy atom. The van der Waals surface area contributed by atoms with E-state index in [0.717, 1.165) is 11.4 Å². The molecule has 0 saturated heterocycles. The lowest BCUT2D eigenvalue weighted by atomic mass is 9.97. The van der Waals surface area contributed by atoms with E-state index in [0.29, 0.717) is 0 Å². The first-order valence-corrected chi connectivity index (χ1v) is 19.7. The molecule has 3 nitrogen and oxygen atoms in total. The number of hydrogen-bond acceptors (Lipinski definition) is 1. The zero-order valence-electron chi connectivity index (χ0n) is 30.9. The topological polar surface area (TPSA) is 12.1 Å². The Kier molecular flexibility index (Phi) is 6.16. The first-order chi connectivity index (χ1) is 28.3. The second kappa shape index (κ2) is 11.5. The molecule has 0 aliphatic heterocycles. The van der Waals surface area contributed by atoms with Crippen LogP contribution in [0.1, 0.15) is 0 Å². The molecule has 0 spiro atoms. The van der Waals surface area contributed by atoms with Gasteiger partial charge in [-0.1, -0.05) is 133 Å². The molecule has 9 aromatic carbocycles. The van der Waals surface area contributed by atoms with E-state index in [1.54, 1.807) is 0 Å². The largest absolute Gasteiger partial charge is 0.310 e. The van der Waals surface area contributed by atoms with Crippen LogP contribution in [0.2, 0.25) is 0 Å². The molecule has 0 radical (unpaired) electrons. The van der Waals surface area contributed by atoms with Crippen molar-refractivity contribution < 1.29 is 0 Å². The van der Waals surface area contributed by atoms with E-state index in [1.165, 1.54) is 104 Å². The van der Waals surface area contributed by atoms with Crippen molar-refractivity contribution in [1.29, 1.82) is 0 Å². The Morgan fingerprint density at radius 3 is 1.51 bits per heavy atom. The minimum Gasteiger partial charge on any atom is -0.310 e. The van der Waals surface area contributed by atoms with Crippen LogP contribution in [0.4, 0.5) is 17.1 Å². The predicted octanol–water partition coefficient (Wildman–Crippen LogP) is 14.8. The second-order valence-electron chi connectivity index (χ2n) is 15.3. The van der Waals surface area contributed by atoms with Gasteiger partial charge in [0, 0.05) is 54.5 Å². The van der Waals surface area contributed by atoms with Crippen LogP contribution in [0.3, 0.4) is 0 Å². The first-order valence-electron chi connectivity index (χ1n) is 19.7. The predicted molar refractivity (Wildman–Crippen MR) is 241 cm³/mol. The fraction of sp³-hybridized carbons (Fsp3) is 0. The van der Waals surface area contributed by atoms with Gasteiger partial charge < -0.3 is 13.7 Å². The molecule has 0 saturated carbocycles. The average Bonchev–Trinajstić information content (AvgIpc) is 4.01. The van der Waals surface area contributed by atoms with E-state index in [-0.39, 0.29) is 0 Å². The number of nitrogens with zero attached hydrogens (tertiary/aromatic N) is 3. The quantitative estimate of drug-likeness (QED) is 0.172. The molecule has 13 aromatic rings. The number of hydrogen-bond donors (Lipinski definition) is 0. The van der Waals surface area contributed by atoms with Gasteiger partial charge in [0.25, 0.3) is 0 Å². The molecule has 4 heterocycles. The van der Waals surface area contributed by atoms with Crippen molar-refractivity contribution in [2.75, 3.05) is 4.90 Å². The van der Waals surface area contributed by atoms with Crippen LogP contribution in [0.15, 0.2) is 200 Å². The smallest absolute Gasteiger partial charge is 0.0641 e. The van der Waals surface area contributed by atoms with Gasteiger partial charge >= 0.3 is 0 Å². The van der Waals surface area contributed by atoms with Gasteiger partial charge in [-0.2, -0.15) is 0 Å². The Balaban J connectivity index is 1.20. The Hall–Kier alpha value is -7.62. The van der Waals surface area contributed by atoms with Gasteiger partial charge in [-0.15, -0.1) is 0 Å². The van der Waals surface area contributed by atoms with Crippen LogP contribution in [-0.4, -0.2) is 8.80 Å². The van der Waals surface area contributed by atoms with Gasteiger partial charge in [0.05, 0.1) is 38.8 Å². The SMILES string of the molecule is c1ccc(-c2ccc3c(c2)c2cc(-c4ccccc4)cc4c5c(ccc6c7ccc(N(c8ccccc8)c8ccccc8)c8c9ccccc9n(c78)c65)n3c24)cc1. The van der Waals surface area contributed by atoms with Gasteiger partial charge in [0.2, 0.25) is 0 Å². The minimum atomic E-state index is 1.13. The van der Waals surface area contributed by atoms with Crippen molar-refractivity contribution in [1.82, 2.24) is 8.80 Å². The van der Waals surface area contributed by atoms with E-state index in [9.17, 15) is 0 Å². The first kappa shape index (κ1) is 30.7. The van der Waals surface area contributed by atoms with Crippen molar-refractivity contribution in [3.8, 4) is 22.3 Å². The van der Waals surface area contributed by atoms with Crippen LogP contribution < -0.4 is 4.90 Å². The molecule has 264 valence electrons. The molecular formula is C54H33N3. The molecule has 0 unspecified atom stereocenters. The fourth-order valence-corrected chi connectivity index (χ4v) is 9.97. The summed E-state index contributed by atoms with van der Waals surface area (Å²) in [5.41, 5.74) is 15.8. The second-order valence-corrected chi connectivity index (χ2v) is 15.3. The van der Waals surface area contributed by atoms with E-state index < -0.39 is 0 Å². The van der Waals surface area contributed by atoms with Crippen LogP contribution in [0.5, 0.6) is 0 Å². The van der Waals surface area contributed by atoms with Gasteiger partial charge in [-0.3, -0.25) is 0 Å². The highest BCUT2D eigenvalue weighted by molar-refractivity contribution is 6.35. The standard InChI is InChI=1S/C54H33N3/c1-5-15-34(16-6-1)36-25-28-47-43(31-36)44-32-37(35-17-7-2-8-18-35)33-45-51-49(56(47)52(44)45)30-27-41-40-26-29-48(50-42-23-13-14-24-46(42)57(53(40)50)54(41)51)55(38-19-9-3-10-20-38)39-21-11-4-12-22-39/h1-33H. The van der Waals surface area contributed by atoms with Crippen molar-refractivity contribution in [3.63, 3.8) is 0 Å². The van der Waals surface area contributed by atoms with Gasteiger partial charge in [-0.05, 0) is 89.0 Å². The van der Waals surface area contributed by atoms with Crippen molar-refractivity contribution >= 4 is 93.3 Å². The molecule has 0 bridgehead atoms. The van der Waals surface area contributed by atoms with Crippen LogP contribution in [-0.2, 0) is 0 Å². The zero-order valence-corrected chi connectivity index (χ0v) is 30.9. The molecular weight excluding hydrogens is 691 g/mol. The molecule has 0 aliphatic rings. The summed E-state index contributed by atoms with van der Waals surface area (Å²) in [7, 11) is 0. The molecule has 13 rings (SSSR count). The van der Waals surface area contributed by atoms with Crippen LogP contribution in [0.25, 0.3) is 98.4 Å². The maximum absolute atomic E-state index is 2.58. The Labute approximate surface area is 328 Å². The van der Waals surface area contributed by atoms with Crippen molar-refractivity contribution in [2.45, 2.75) is 0 Å². The third kappa shape index (κ3) is 4.15. The number of anilines is 3. The average molecular weight is 724 g/mol. The maximum atomic E-state index is 2.58. The van der Waals surface area contributed by atoms with Crippen molar-refractivity contribution in [2.24, 2.45) is 0 Å². The summed E-state index contributed by atoms with van der Waals surface area (Å²) >= 11 is 0.